The molecule has 0 aliphatic heterocycles. The molecule has 1 saturated carbocycles. The first kappa shape index (κ1) is 15.1. The summed E-state index contributed by atoms with van der Waals surface area (Å²) in [6.07, 6.45) is 4.63. The number of anilines is 1. The van der Waals surface area contributed by atoms with E-state index in [4.69, 9.17) is 4.74 Å². The molecule has 5 nitrogen and oxygen atoms in total. The summed E-state index contributed by atoms with van der Waals surface area (Å²) < 4.78 is 6.05. The molecular formula is C16H16BrNO4. The molecule has 0 aromatic heterocycles. The lowest BCUT2D eigenvalue weighted by atomic mass is 9.82. The predicted molar refractivity (Wildman–Crippen MR) is 84.7 cm³/mol. The van der Waals surface area contributed by atoms with Gasteiger partial charge in [-0.2, -0.15) is 0 Å². The first-order chi connectivity index (χ1) is 10.5. The second-order valence-corrected chi connectivity index (χ2v) is 6.59. The molecule has 2 N–H and O–H groups in total. The molecule has 116 valence electrons. The largest absolute Gasteiger partial charge is 0.495 e. The van der Waals surface area contributed by atoms with Gasteiger partial charge in [-0.1, -0.05) is 28.1 Å². The molecule has 6 heteroatoms. The maximum absolute atomic E-state index is 12.6. The minimum absolute atomic E-state index is 0.00393. The molecule has 0 radical (unpaired) electrons. The monoisotopic (exact) mass is 365 g/mol. The number of carbonyl (C=O) groups excluding carboxylic acids is 1. The number of ether oxygens (including phenoxy) is 1. The minimum atomic E-state index is -0.904. The Balaban J connectivity index is 1.84. The first-order valence-electron chi connectivity index (χ1n) is 7.07. The lowest BCUT2D eigenvalue weighted by Crippen LogP contribution is -2.36. The van der Waals surface area contributed by atoms with Gasteiger partial charge in [0.2, 0.25) is 5.91 Å². The number of hydrogen-bond donors (Lipinski definition) is 2. The highest BCUT2D eigenvalue weighted by Crippen LogP contribution is 2.48. The summed E-state index contributed by atoms with van der Waals surface area (Å²) in [5, 5.41) is 12.2. The number of allylic oxidation sites excluding steroid dienone is 2. The molecule has 0 saturated heterocycles. The predicted octanol–water partition coefficient (Wildman–Crippen LogP) is 2.92. The van der Waals surface area contributed by atoms with E-state index in [9.17, 15) is 14.7 Å². The second-order valence-electron chi connectivity index (χ2n) is 5.67. The number of carbonyl (C=O) groups is 2. The zero-order chi connectivity index (χ0) is 15.9. The quantitative estimate of drug-likeness (QED) is 0.804. The van der Waals surface area contributed by atoms with Gasteiger partial charge in [-0.05, 0) is 36.5 Å². The number of aliphatic carboxylic acids is 1. The Morgan fingerprint density at radius 2 is 1.95 bits per heavy atom. The van der Waals surface area contributed by atoms with Crippen molar-refractivity contribution in [1.82, 2.24) is 0 Å². The van der Waals surface area contributed by atoms with Gasteiger partial charge in [0, 0.05) is 4.47 Å². The molecule has 4 atom stereocenters. The van der Waals surface area contributed by atoms with Crippen LogP contribution in [-0.2, 0) is 9.59 Å². The van der Waals surface area contributed by atoms with Crippen LogP contribution in [-0.4, -0.2) is 24.1 Å². The lowest BCUT2D eigenvalue weighted by Gasteiger charge is -2.24. The molecule has 1 aromatic rings. The molecule has 1 amide bonds. The van der Waals surface area contributed by atoms with Crippen molar-refractivity contribution in [1.29, 1.82) is 0 Å². The van der Waals surface area contributed by atoms with Gasteiger partial charge < -0.3 is 15.2 Å². The average Bonchev–Trinajstić information content (AvgIpc) is 3.08. The van der Waals surface area contributed by atoms with Crippen LogP contribution in [0.3, 0.4) is 0 Å². The topological polar surface area (TPSA) is 75.6 Å². The molecule has 2 bridgehead atoms. The number of carboxylic acids is 1. The molecule has 2 aliphatic carbocycles. The van der Waals surface area contributed by atoms with E-state index in [2.05, 4.69) is 21.2 Å². The summed E-state index contributed by atoms with van der Waals surface area (Å²) in [5.74, 6) is -1.84. The van der Waals surface area contributed by atoms with E-state index < -0.39 is 17.8 Å². The standard InChI is InChI=1S/C16H16BrNO4/c1-22-12-5-4-10(17)7-11(12)18-15(19)13-8-2-3-9(6-8)14(13)16(20)21/h2-5,7-9,13-14H,6H2,1H3,(H,18,19)(H,20,21)/t8-,9-,13-,14+/m0/s1. The number of carboxylic acid groups (broad SMARTS) is 1. The number of nitrogens with one attached hydrogen (secondary N) is 1. The van der Waals surface area contributed by atoms with Crippen LogP contribution in [0.1, 0.15) is 6.42 Å². The van der Waals surface area contributed by atoms with Crippen molar-refractivity contribution in [2.24, 2.45) is 23.7 Å². The Morgan fingerprint density at radius 1 is 1.27 bits per heavy atom. The lowest BCUT2D eigenvalue weighted by molar-refractivity contribution is -0.146. The zero-order valence-corrected chi connectivity index (χ0v) is 13.5. The van der Waals surface area contributed by atoms with Gasteiger partial charge in [0.1, 0.15) is 5.75 Å². The molecule has 1 fully saturated rings. The van der Waals surface area contributed by atoms with Crippen molar-refractivity contribution < 1.29 is 19.4 Å². The van der Waals surface area contributed by atoms with Crippen molar-refractivity contribution in [2.75, 3.05) is 12.4 Å². The van der Waals surface area contributed by atoms with Crippen molar-refractivity contribution in [2.45, 2.75) is 6.42 Å². The molecule has 0 heterocycles. The number of rotatable bonds is 4. The van der Waals surface area contributed by atoms with E-state index in [1.165, 1.54) is 7.11 Å². The first-order valence-corrected chi connectivity index (χ1v) is 7.86. The van der Waals surface area contributed by atoms with Crippen LogP contribution >= 0.6 is 15.9 Å². The third-order valence-corrected chi connectivity index (χ3v) is 4.96. The highest BCUT2D eigenvalue weighted by molar-refractivity contribution is 9.10. The summed E-state index contributed by atoms with van der Waals surface area (Å²) >= 11 is 3.35. The third-order valence-electron chi connectivity index (χ3n) is 4.47. The van der Waals surface area contributed by atoms with Crippen LogP contribution in [0.15, 0.2) is 34.8 Å². The van der Waals surface area contributed by atoms with Gasteiger partial charge in [-0.15, -0.1) is 0 Å². The van der Waals surface area contributed by atoms with Crippen LogP contribution in [0.4, 0.5) is 5.69 Å². The number of methoxy groups -OCH3 is 1. The second kappa shape index (κ2) is 5.76. The molecule has 0 spiro atoms. The van der Waals surface area contributed by atoms with Crippen LogP contribution < -0.4 is 10.1 Å². The number of hydrogen-bond acceptors (Lipinski definition) is 3. The molecular weight excluding hydrogens is 350 g/mol. The molecule has 2 aliphatic rings. The van der Waals surface area contributed by atoms with E-state index in [0.717, 1.165) is 10.9 Å². The fraction of sp³-hybridized carbons (Fsp3) is 0.375. The Hall–Kier alpha value is -1.82. The SMILES string of the molecule is COc1ccc(Br)cc1NC(=O)[C@@H]1[C@H](C(=O)O)[C@H]2C=C[C@H]1C2. The van der Waals surface area contributed by atoms with Gasteiger partial charge in [-0.3, -0.25) is 9.59 Å². The van der Waals surface area contributed by atoms with Gasteiger partial charge in [0.25, 0.3) is 0 Å². The van der Waals surface area contributed by atoms with Crippen LogP contribution in [0.2, 0.25) is 0 Å². The fourth-order valence-electron chi connectivity index (χ4n) is 3.51. The number of amides is 1. The van der Waals surface area contributed by atoms with E-state index in [1.54, 1.807) is 12.1 Å². The van der Waals surface area contributed by atoms with Crippen molar-refractivity contribution in [3.05, 3.63) is 34.8 Å². The number of fused-ring (bicyclic) bond motifs is 2. The van der Waals surface area contributed by atoms with E-state index in [0.29, 0.717) is 11.4 Å². The fourth-order valence-corrected chi connectivity index (χ4v) is 3.87. The van der Waals surface area contributed by atoms with E-state index in [-0.39, 0.29) is 17.7 Å². The average molecular weight is 366 g/mol. The number of halogens is 1. The molecule has 0 unspecified atom stereocenters. The summed E-state index contributed by atoms with van der Waals surface area (Å²) in [6.45, 7) is 0. The van der Waals surface area contributed by atoms with Crippen molar-refractivity contribution >= 4 is 33.5 Å². The summed E-state index contributed by atoms with van der Waals surface area (Å²) in [6, 6.07) is 5.31. The Bertz CT molecular complexity index is 658. The van der Waals surface area contributed by atoms with Crippen molar-refractivity contribution in [3.63, 3.8) is 0 Å². The summed E-state index contributed by atoms with van der Waals surface area (Å²) in [4.78, 5) is 24.1. The van der Waals surface area contributed by atoms with E-state index >= 15 is 0 Å². The molecule has 3 rings (SSSR count). The summed E-state index contributed by atoms with van der Waals surface area (Å²) in [7, 11) is 1.53. The molecule has 22 heavy (non-hydrogen) atoms. The highest BCUT2D eigenvalue weighted by Gasteiger charge is 2.51. The Labute approximate surface area is 136 Å². The van der Waals surface area contributed by atoms with Crippen LogP contribution in [0, 0.1) is 23.7 Å². The third kappa shape index (κ3) is 2.52. The zero-order valence-electron chi connectivity index (χ0n) is 12.0. The van der Waals surface area contributed by atoms with Gasteiger partial charge in [0.05, 0.1) is 24.6 Å². The Morgan fingerprint density at radius 3 is 2.59 bits per heavy atom. The summed E-state index contributed by atoms with van der Waals surface area (Å²) in [5.41, 5.74) is 0.540. The smallest absolute Gasteiger partial charge is 0.307 e. The van der Waals surface area contributed by atoms with Gasteiger partial charge >= 0.3 is 5.97 Å². The normalized spacial score (nSPS) is 28.6. The van der Waals surface area contributed by atoms with E-state index in [1.807, 2.05) is 18.2 Å². The number of benzene rings is 1. The van der Waals surface area contributed by atoms with Crippen LogP contribution in [0.5, 0.6) is 5.75 Å². The Kier molecular flexibility index (Phi) is 3.95. The minimum Gasteiger partial charge on any atom is -0.495 e. The maximum Gasteiger partial charge on any atom is 0.307 e. The maximum atomic E-state index is 12.6. The molecule has 1 aromatic carbocycles. The highest BCUT2D eigenvalue weighted by atomic mass is 79.9. The van der Waals surface area contributed by atoms with Gasteiger partial charge in [-0.25, -0.2) is 0 Å². The van der Waals surface area contributed by atoms with Gasteiger partial charge in [0.15, 0.2) is 0 Å². The van der Waals surface area contributed by atoms with Crippen LogP contribution in [0.25, 0.3) is 0 Å². The van der Waals surface area contributed by atoms with Crippen molar-refractivity contribution in [3.8, 4) is 5.75 Å².